The molecule has 4 heteroatoms. The van der Waals surface area contributed by atoms with Crippen LogP contribution in [0.3, 0.4) is 0 Å². The van der Waals surface area contributed by atoms with Gasteiger partial charge in [-0.25, -0.2) is 4.79 Å². The van der Waals surface area contributed by atoms with Gasteiger partial charge in [-0.1, -0.05) is 6.92 Å². The third-order valence-electron chi connectivity index (χ3n) is 4.26. The summed E-state index contributed by atoms with van der Waals surface area (Å²) in [6.45, 7) is 3.84. The number of aliphatic hydroxyl groups is 1. The van der Waals surface area contributed by atoms with Crippen molar-refractivity contribution in [2.75, 3.05) is 0 Å². The summed E-state index contributed by atoms with van der Waals surface area (Å²) in [6, 6.07) is 1.83. The number of fused-ring (bicyclic) bond motifs is 1. The van der Waals surface area contributed by atoms with Crippen LogP contribution in [0.25, 0.3) is 0 Å². The van der Waals surface area contributed by atoms with Crippen LogP contribution < -0.4 is 0 Å². The van der Waals surface area contributed by atoms with Gasteiger partial charge >= 0.3 is 5.97 Å². The lowest BCUT2D eigenvalue weighted by Crippen LogP contribution is -2.31. The SMILES string of the molecule is CC1=C2C(=O)O[C@H](c3ccoc3)[C@@]2(C)CCC1O. The van der Waals surface area contributed by atoms with Crippen molar-refractivity contribution in [2.24, 2.45) is 5.41 Å². The van der Waals surface area contributed by atoms with E-state index in [1.165, 1.54) is 0 Å². The Morgan fingerprint density at radius 3 is 2.94 bits per heavy atom. The Bertz CT molecular complexity index is 514. The lowest BCUT2D eigenvalue weighted by atomic mass is 9.67. The van der Waals surface area contributed by atoms with E-state index in [0.29, 0.717) is 12.0 Å². The van der Waals surface area contributed by atoms with Crippen molar-refractivity contribution >= 4 is 5.97 Å². The summed E-state index contributed by atoms with van der Waals surface area (Å²) < 4.78 is 10.6. The molecule has 0 amide bonds. The summed E-state index contributed by atoms with van der Waals surface area (Å²) >= 11 is 0. The normalized spacial score (nSPS) is 35.6. The lowest BCUT2D eigenvalue weighted by molar-refractivity contribution is -0.140. The number of hydrogen-bond donors (Lipinski definition) is 1. The van der Waals surface area contributed by atoms with E-state index in [-0.39, 0.29) is 17.5 Å². The molecule has 18 heavy (non-hydrogen) atoms. The van der Waals surface area contributed by atoms with Crippen molar-refractivity contribution in [1.82, 2.24) is 0 Å². The molecule has 1 aromatic heterocycles. The predicted octanol–water partition coefficient (Wildman–Crippen LogP) is 2.36. The van der Waals surface area contributed by atoms with E-state index in [4.69, 9.17) is 9.15 Å². The fraction of sp³-hybridized carbons (Fsp3) is 0.500. The Balaban J connectivity index is 2.11. The molecule has 1 unspecified atom stereocenters. The molecule has 0 saturated carbocycles. The van der Waals surface area contributed by atoms with Crippen LogP contribution in [0.15, 0.2) is 34.2 Å². The van der Waals surface area contributed by atoms with Crippen LogP contribution in [0.2, 0.25) is 0 Å². The molecule has 1 N–H and O–H groups in total. The molecule has 4 nitrogen and oxygen atoms in total. The molecule has 0 radical (unpaired) electrons. The monoisotopic (exact) mass is 248 g/mol. The quantitative estimate of drug-likeness (QED) is 0.775. The molecule has 1 aromatic rings. The first-order chi connectivity index (χ1) is 8.54. The van der Waals surface area contributed by atoms with Crippen molar-refractivity contribution in [2.45, 2.75) is 38.9 Å². The first kappa shape index (κ1) is 11.5. The van der Waals surface area contributed by atoms with Crippen LogP contribution >= 0.6 is 0 Å². The smallest absolute Gasteiger partial charge is 0.335 e. The molecule has 3 rings (SSSR count). The van der Waals surface area contributed by atoms with E-state index >= 15 is 0 Å². The third kappa shape index (κ3) is 1.38. The van der Waals surface area contributed by atoms with Gasteiger partial charge in [-0.15, -0.1) is 0 Å². The number of aliphatic hydroxyl groups excluding tert-OH is 1. The molecule has 1 fully saturated rings. The second kappa shape index (κ2) is 3.72. The van der Waals surface area contributed by atoms with E-state index in [1.807, 2.05) is 19.9 Å². The van der Waals surface area contributed by atoms with Crippen LogP contribution in [0.1, 0.15) is 38.4 Å². The number of carbonyl (C=O) groups excluding carboxylic acids is 1. The van der Waals surface area contributed by atoms with Gasteiger partial charge in [0, 0.05) is 16.6 Å². The van der Waals surface area contributed by atoms with Gasteiger partial charge in [0.05, 0.1) is 18.6 Å². The minimum Gasteiger partial charge on any atom is -0.472 e. The first-order valence-corrected chi connectivity index (χ1v) is 6.16. The van der Waals surface area contributed by atoms with Crippen LogP contribution in [-0.2, 0) is 9.53 Å². The Hall–Kier alpha value is -1.55. The van der Waals surface area contributed by atoms with Gasteiger partial charge in [0.2, 0.25) is 0 Å². The Morgan fingerprint density at radius 1 is 1.50 bits per heavy atom. The Labute approximate surface area is 105 Å². The number of carbonyl (C=O) groups is 1. The summed E-state index contributed by atoms with van der Waals surface area (Å²) in [4.78, 5) is 12.1. The molecular formula is C14H16O4. The molecule has 0 aromatic carbocycles. The van der Waals surface area contributed by atoms with Gasteiger partial charge < -0.3 is 14.3 Å². The number of ether oxygens (including phenoxy) is 1. The molecule has 1 aliphatic heterocycles. The average molecular weight is 248 g/mol. The van der Waals surface area contributed by atoms with E-state index in [0.717, 1.165) is 17.6 Å². The zero-order valence-corrected chi connectivity index (χ0v) is 10.5. The summed E-state index contributed by atoms with van der Waals surface area (Å²) in [5.41, 5.74) is 1.92. The molecule has 2 aliphatic rings. The average Bonchev–Trinajstić information content (AvgIpc) is 2.92. The van der Waals surface area contributed by atoms with Crippen LogP contribution in [0.4, 0.5) is 0 Å². The molecule has 0 bridgehead atoms. The summed E-state index contributed by atoms with van der Waals surface area (Å²) in [6.07, 6.45) is 3.77. The van der Waals surface area contributed by atoms with Crippen molar-refractivity contribution in [1.29, 1.82) is 0 Å². The molecule has 96 valence electrons. The lowest BCUT2D eigenvalue weighted by Gasteiger charge is -2.35. The standard InChI is InChI=1S/C14H16O4/c1-8-10(15)3-5-14(2)11(8)13(16)18-12(14)9-4-6-17-7-9/h4,6-7,10,12,15H,3,5H2,1-2H3/t10?,12-,14+/m1/s1. The maximum Gasteiger partial charge on any atom is 0.335 e. The third-order valence-corrected chi connectivity index (χ3v) is 4.26. The number of cyclic esters (lactones) is 1. The highest BCUT2D eigenvalue weighted by Crippen LogP contribution is 2.55. The first-order valence-electron chi connectivity index (χ1n) is 6.16. The van der Waals surface area contributed by atoms with E-state index < -0.39 is 6.10 Å². The second-order valence-electron chi connectivity index (χ2n) is 5.37. The van der Waals surface area contributed by atoms with Gasteiger partial charge in [-0.05, 0) is 31.4 Å². The fourth-order valence-electron chi connectivity index (χ4n) is 3.21. The molecule has 0 spiro atoms. The van der Waals surface area contributed by atoms with Crippen LogP contribution in [-0.4, -0.2) is 17.2 Å². The number of furan rings is 1. The van der Waals surface area contributed by atoms with Crippen molar-refractivity contribution in [3.05, 3.63) is 35.3 Å². The largest absolute Gasteiger partial charge is 0.472 e. The predicted molar refractivity (Wildman–Crippen MR) is 63.6 cm³/mol. The number of rotatable bonds is 1. The summed E-state index contributed by atoms with van der Waals surface area (Å²) in [7, 11) is 0. The van der Waals surface area contributed by atoms with Crippen molar-refractivity contribution < 1.29 is 19.1 Å². The highest BCUT2D eigenvalue weighted by atomic mass is 16.6. The molecule has 1 saturated heterocycles. The van der Waals surface area contributed by atoms with E-state index in [2.05, 4.69) is 0 Å². The van der Waals surface area contributed by atoms with Crippen LogP contribution in [0.5, 0.6) is 0 Å². The van der Waals surface area contributed by atoms with Gasteiger partial charge in [-0.2, -0.15) is 0 Å². The Morgan fingerprint density at radius 2 is 2.28 bits per heavy atom. The molecule has 2 heterocycles. The number of esters is 1. The molecule has 3 atom stereocenters. The minimum atomic E-state index is -0.524. The maximum absolute atomic E-state index is 12.1. The van der Waals surface area contributed by atoms with Gasteiger partial charge in [0.1, 0.15) is 6.10 Å². The zero-order chi connectivity index (χ0) is 12.9. The summed E-state index contributed by atoms with van der Waals surface area (Å²) in [5.74, 6) is -0.306. The van der Waals surface area contributed by atoms with Gasteiger partial charge in [0.15, 0.2) is 0 Å². The van der Waals surface area contributed by atoms with Gasteiger partial charge in [0.25, 0.3) is 0 Å². The van der Waals surface area contributed by atoms with E-state index in [9.17, 15) is 9.90 Å². The highest BCUT2D eigenvalue weighted by Gasteiger charge is 2.54. The van der Waals surface area contributed by atoms with Gasteiger partial charge in [-0.3, -0.25) is 0 Å². The number of hydrogen-bond acceptors (Lipinski definition) is 4. The maximum atomic E-state index is 12.1. The fourth-order valence-corrected chi connectivity index (χ4v) is 3.21. The van der Waals surface area contributed by atoms with E-state index in [1.54, 1.807) is 12.5 Å². The molecule has 1 aliphatic carbocycles. The minimum absolute atomic E-state index is 0.304. The molecular weight excluding hydrogens is 232 g/mol. The van der Waals surface area contributed by atoms with Crippen molar-refractivity contribution in [3.63, 3.8) is 0 Å². The van der Waals surface area contributed by atoms with Crippen molar-refractivity contribution in [3.8, 4) is 0 Å². The zero-order valence-electron chi connectivity index (χ0n) is 10.5. The topological polar surface area (TPSA) is 59.7 Å². The van der Waals surface area contributed by atoms with Crippen LogP contribution in [0, 0.1) is 5.41 Å². The summed E-state index contributed by atoms with van der Waals surface area (Å²) in [5, 5.41) is 9.89. The second-order valence-corrected chi connectivity index (χ2v) is 5.37. The Kier molecular flexibility index (Phi) is 2.38. The highest BCUT2D eigenvalue weighted by molar-refractivity contribution is 5.94.